The third-order valence-electron chi connectivity index (χ3n) is 4.04. The van der Waals surface area contributed by atoms with Crippen LogP contribution in [0.4, 0.5) is 0 Å². The lowest BCUT2D eigenvalue weighted by Crippen LogP contribution is -2.45. The first-order valence-electron chi connectivity index (χ1n) is 7.34. The van der Waals surface area contributed by atoms with E-state index in [0.717, 1.165) is 24.9 Å². The van der Waals surface area contributed by atoms with Crippen LogP contribution in [0.2, 0.25) is 0 Å². The Morgan fingerprint density at radius 1 is 1.40 bits per heavy atom. The number of β-amino-alcohol motifs (C(OH)–C–C–N with tert-alkyl or cyclic N) is 1. The van der Waals surface area contributed by atoms with Crippen molar-refractivity contribution in [2.75, 3.05) is 13.1 Å². The van der Waals surface area contributed by atoms with Gasteiger partial charge in [0.05, 0.1) is 6.10 Å². The van der Waals surface area contributed by atoms with Crippen molar-refractivity contribution in [1.82, 2.24) is 4.90 Å². The molecule has 0 bridgehead atoms. The lowest BCUT2D eigenvalue weighted by Gasteiger charge is -2.33. The third kappa shape index (κ3) is 3.70. The van der Waals surface area contributed by atoms with Crippen LogP contribution in [-0.4, -0.2) is 35.1 Å². The molecule has 0 aromatic heterocycles. The molecule has 3 heteroatoms. The highest BCUT2D eigenvalue weighted by molar-refractivity contribution is 5.91. The number of aliphatic hydroxyl groups is 1. The van der Waals surface area contributed by atoms with E-state index in [1.807, 2.05) is 25.1 Å². The number of piperidine rings is 1. The van der Waals surface area contributed by atoms with Crippen molar-refractivity contribution in [1.29, 1.82) is 0 Å². The molecule has 1 saturated heterocycles. The molecule has 1 aromatic carbocycles. The number of hydrogen-bond donors (Lipinski definition) is 1. The van der Waals surface area contributed by atoms with E-state index >= 15 is 0 Å². The number of rotatable bonds is 3. The second-order valence-corrected chi connectivity index (χ2v) is 5.55. The van der Waals surface area contributed by atoms with E-state index in [4.69, 9.17) is 0 Å². The van der Waals surface area contributed by atoms with Crippen molar-refractivity contribution in [3.63, 3.8) is 0 Å². The largest absolute Gasteiger partial charge is 0.391 e. The summed E-state index contributed by atoms with van der Waals surface area (Å²) < 4.78 is 0. The summed E-state index contributed by atoms with van der Waals surface area (Å²) in [5, 5.41) is 9.82. The summed E-state index contributed by atoms with van der Waals surface area (Å²) >= 11 is 0. The Kier molecular flexibility index (Phi) is 4.96. The van der Waals surface area contributed by atoms with E-state index in [2.05, 4.69) is 19.1 Å². The molecule has 1 aliphatic rings. The van der Waals surface area contributed by atoms with Gasteiger partial charge >= 0.3 is 0 Å². The van der Waals surface area contributed by atoms with Gasteiger partial charge in [0.2, 0.25) is 5.91 Å². The Balaban J connectivity index is 1.94. The minimum Gasteiger partial charge on any atom is -0.391 e. The molecule has 1 heterocycles. The van der Waals surface area contributed by atoms with Crippen LogP contribution in [-0.2, 0) is 11.2 Å². The van der Waals surface area contributed by atoms with E-state index in [1.54, 1.807) is 11.0 Å². The second-order valence-electron chi connectivity index (χ2n) is 5.55. The average Bonchev–Trinajstić information content (AvgIpc) is 2.48. The number of hydrogen-bond acceptors (Lipinski definition) is 2. The van der Waals surface area contributed by atoms with Crippen LogP contribution in [0.1, 0.15) is 31.4 Å². The Morgan fingerprint density at radius 2 is 2.10 bits per heavy atom. The first-order valence-corrected chi connectivity index (χ1v) is 7.34. The van der Waals surface area contributed by atoms with Gasteiger partial charge in [-0.2, -0.15) is 0 Å². The van der Waals surface area contributed by atoms with Gasteiger partial charge in [-0.25, -0.2) is 0 Å². The average molecular weight is 273 g/mol. The molecular weight excluding hydrogens is 250 g/mol. The monoisotopic (exact) mass is 273 g/mol. The summed E-state index contributed by atoms with van der Waals surface area (Å²) in [7, 11) is 0. The van der Waals surface area contributed by atoms with Gasteiger partial charge in [-0.1, -0.05) is 38.1 Å². The molecule has 20 heavy (non-hydrogen) atoms. The third-order valence-corrected chi connectivity index (χ3v) is 4.04. The van der Waals surface area contributed by atoms with Crippen LogP contribution in [0.3, 0.4) is 0 Å². The summed E-state index contributed by atoms with van der Waals surface area (Å²) in [6, 6.07) is 8.21. The maximum absolute atomic E-state index is 12.1. The molecular formula is C17H23NO2. The summed E-state index contributed by atoms with van der Waals surface area (Å²) in [5.41, 5.74) is 2.32. The van der Waals surface area contributed by atoms with Crippen LogP contribution in [0.5, 0.6) is 0 Å². The van der Waals surface area contributed by atoms with Gasteiger partial charge in [0.15, 0.2) is 0 Å². The summed E-state index contributed by atoms with van der Waals surface area (Å²) in [5.74, 6) is 0.264. The predicted octanol–water partition coefficient (Wildman–Crippen LogP) is 2.49. The van der Waals surface area contributed by atoms with Gasteiger partial charge in [0.25, 0.3) is 0 Å². The fourth-order valence-corrected chi connectivity index (χ4v) is 2.39. The molecule has 2 atom stereocenters. The molecule has 1 fully saturated rings. The van der Waals surface area contributed by atoms with Gasteiger partial charge in [-0.15, -0.1) is 0 Å². The fraction of sp³-hybridized carbons (Fsp3) is 0.471. The molecule has 1 aromatic rings. The first-order chi connectivity index (χ1) is 9.60. The van der Waals surface area contributed by atoms with Gasteiger partial charge in [-0.3, -0.25) is 4.79 Å². The first kappa shape index (κ1) is 14.8. The Hall–Kier alpha value is -1.61. The lowest BCUT2D eigenvalue weighted by atomic mass is 9.96. The van der Waals surface area contributed by atoms with Crippen molar-refractivity contribution in [3.05, 3.63) is 41.5 Å². The number of amides is 1. The van der Waals surface area contributed by atoms with Crippen molar-refractivity contribution < 1.29 is 9.90 Å². The number of benzene rings is 1. The summed E-state index contributed by atoms with van der Waals surface area (Å²) in [4.78, 5) is 13.8. The molecule has 2 unspecified atom stereocenters. The highest BCUT2D eigenvalue weighted by Crippen LogP contribution is 2.17. The highest BCUT2D eigenvalue weighted by atomic mass is 16.3. The number of carbonyl (C=O) groups excluding carboxylic acids is 1. The van der Waals surface area contributed by atoms with Crippen LogP contribution in [0.15, 0.2) is 30.3 Å². The molecule has 1 amide bonds. The number of aliphatic hydroxyl groups excluding tert-OH is 1. The SMILES string of the molecule is CCc1ccc(/C=C/C(=O)N2CCC(C)C(O)C2)cc1. The minimum atomic E-state index is -0.398. The van der Waals surface area contributed by atoms with Crippen LogP contribution >= 0.6 is 0 Å². The van der Waals surface area contributed by atoms with E-state index in [-0.39, 0.29) is 11.8 Å². The fourth-order valence-electron chi connectivity index (χ4n) is 2.39. The second kappa shape index (κ2) is 6.71. The topological polar surface area (TPSA) is 40.5 Å². The molecule has 0 spiro atoms. The normalized spacial score (nSPS) is 23.2. The zero-order valence-corrected chi connectivity index (χ0v) is 12.2. The maximum atomic E-state index is 12.1. The van der Waals surface area contributed by atoms with Crippen molar-refractivity contribution in [2.45, 2.75) is 32.8 Å². The van der Waals surface area contributed by atoms with Gasteiger partial charge in [-0.05, 0) is 36.0 Å². The van der Waals surface area contributed by atoms with E-state index in [9.17, 15) is 9.90 Å². The molecule has 2 rings (SSSR count). The smallest absolute Gasteiger partial charge is 0.246 e. The maximum Gasteiger partial charge on any atom is 0.246 e. The molecule has 1 N–H and O–H groups in total. The number of carbonyl (C=O) groups is 1. The zero-order valence-electron chi connectivity index (χ0n) is 12.2. The standard InChI is InChI=1S/C17H23NO2/c1-3-14-4-6-15(7-5-14)8-9-17(20)18-11-10-13(2)16(19)12-18/h4-9,13,16,19H,3,10-12H2,1-2H3/b9-8+. The van der Waals surface area contributed by atoms with Gasteiger partial charge in [0.1, 0.15) is 0 Å². The quantitative estimate of drug-likeness (QED) is 0.860. The Bertz CT molecular complexity index is 478. The highest BCUT2D eigenvalue weighted by Gasteiger charge is 2.25. The number of aryl methyl sites for hydroxylation is 1. The predicted molar refractivity (Wildman–Crippen MR) is 81.2 cm³/mol. The zero-order chi connectivity index (χ0) is 14.5. The molecule has 108 valence electrons. The molecule has 3 nitrogen and oxygen atoms in total. The Labute approximate surface area is 120 Å². The summed E-state index contributed by atoms with van der Waals surface area (Å²) in [6.45, 7) is 5.32. The van der Waals surface area contributed by atoms with E-state index in [0.29, 0.717) is 6.54 Å². The summed E-state index contributed by atoms with van der Waals surface area (Å²) in [6.07, 6.45) is 4.93. The Morgan fingerprint density at radius 3 is 2.70 bits per heavy atom. The lowest BCUT2D eigenvalue weighted by molar-refractivity contribution is -0.130. The van der Waals surface area contributed by atoms with E-state index in [1.165, 1.54) is 5.56 Å². The van der Waals surface area contributed by atoms with Crippen molar-refractivity contribution in [3.8, 4) is 0 Å². The van der Waals surface area contributed by atoms with Gasteiger partial charge in [0, 0.05) is 19.2 Å². The van der Waals surface area contributed by atoms with Crippen LogP contribution in [0, 0.1) is 5.92 Å². The molecule has 0 saturated carbocycles. The van der Waals surface area contributed by atoms with Crippen molar-refractivity contribution >= 4 is 12.0 Å². The van der Waals surface area contributed by atoms with Crippen molar-refractivity contribution in [2.24, 2.45) is 5.92 Å². The molecule has 0 aliphatic carbocycles. The van der Waals surface area contributed by atoms with Gasteiger partial charge < -0.3 is 10.0 Å². The molecule has 0 radical (unpaired) electrons. The van der Waals surface area contributed by atoms with Crippen LogP contribution < -0.4 is 0 Å². The molecule has 1 aliphatic heterocycles. The minimum absolute atomic E-state index is 0.0180. The van der Waals surface area contributed by atoms with Crippen LogP contribution in [0.25, 0.3) is 6.08 Å². The number of likely N-dealkylation sites (tertiary alicyclic amines) is 1. The van der Waals surface area contributed by atoms with E-state index < -0.39 is 6.10 Å². The number of nitrogens with zero attached hydrogens (tertiary/aromatic N) is 1.